The van der Waals surface area contributed by atoms with Crippen LogP contribution in [-0.2, 0) is 11.3 Å². The molecule has 1 aliphatic heterocycles. The molecule has 0 unspecified atom stereocenters. The van der Waals surface area contributed by atoms with Gasteiger partial charge in [-0.25, -0.2) is 4.79 Å². The molecule has 0 saturated carbocycles. The van der Waals surface area contributed by atoms with Crippen molar-refractivity contribution in [3.63, 3.8) is 0 Å². The molecule has 0 spiro atoms. The van der Waals surface area contributed by atoms with Crippen LogP contribution in [0, 0.1) is 0 Å². The lowest BCUT2D eigenvalue weighted by Crippen LogP contribution is -2.34. The van der Waals surface area contributed by atoms with Gasteiger partial charge in [0, 0.05) is 25.8 Å². The molecule has 17 heavy (non-hydrogen) atoms. The average molecular weight is 235 g/mol. The summed E-state index contributed by atoms with van der Waals surface area (Å²) in [6.45, 7) is 3.50. The maximum absolute atomic E-state index is 11.8. The van der Waals surface area contributed by atoms with Gasteiger partial charge in [-0.3, -0.25) is 4.98 Å². The Morgan fingerprint density at radius 2 is 2.35 bits per heavy atom. The fourth-order valence-electron chi connectivity index (χ4n) is 1.74. The number of pyridine rings is 1. The Kier molecular flexibility index (Phi) is 4.32. The van der Waals surface area contributed by atoms with Crippen LogP contribution >= 0.6 is 0 Å². The van der Waals surface area contributed by atoms with E-state index in [4.69, 9.17) is 4.74 Å². The van der Waals surface area contributed by atoms with Gasteiger partial charge >= 0.3 is 6.09 Å². The standard InChI is InChI=1S/C12H17N3O2/c16-12(15-8-3-5-13-7-9-15)17-10-11-4-1-2-6-14-11/h1-2,4,6,13H,3,5,7-10H2. The van der Waals surface area contributed by atoms with Gasteiger partial charge in [0.15, 0.2) is 0 Å². The molecule has 1 N–H and O–H groups in total. The summed E-state index contributed by atoms with van der Waals surface area (Å²) in [6, 6.07) is 5.56. The zero-order valence-electron chi connectivity index (χ0n) is 9.76. The molecule has 0 atom stereocenters. The Morgan fingerprint density at radius 3 is 3.18 bits per heavy atom. The van der Waals surface area contributed by atoms with Crippen LogP contribution in [0.1, 0.15) is 12.1 Å². The van der Waals surface area contributed by atoms with E-state index in [9.17, 15) is 4.79 Å². The SMILES string of the molecule is O=C(OCc1ccccn1)N1CCCNCC1. The number of carbonyl (C=O) groups is 1. The number of amides is 1. The molecule has 1 aromatic heterocycles. The van der Waals surface area contributed by atoms with Crippen molar-refractivity contribution in [2.45, 2.75) is 13.0 Å². The van der Waals surface area contributed by atoms with Crippen LogP contribution in [0.5, 0.6) is 0 Å². The first-order valence-electron chi connectivity index (χ1n) is 5.88. The maximum atomic E-state index is 11.8. The third kappa shape index (κ3) is 3.71. The van der Waals surface area contributed by atoms with Gasteiger partial charge < -0.3 is 15.0 Å². The third-order valence-electron chi connectivity index (χ3n) is 2.67. The molecule has 5 heteroatoms. The van der Waals surface area contributed by atoms with Crippen LogP contribution in [0.15, 0.2) is 24.4 Å². The summed E-state index contributed by atoms with van der Waals surface area (Å²) >= 11 is 0. The molecule has 1 aromatic rings. The van der Waals surface area contributed by atoms with Gasteiger partial charge in [-0.2, -0.15) is 0 Å². The minimum atomic E-state index is -0.251. The van der Waals surface area contributed by atoms with Crippen LogP contribution < -0.4 is 5.32 Å². The van der Waals surface area contributed by atoms with Crippen LogP contribution in [-0.4, -0.2) is 42.2 Å². The molecule has 2 rings (SSSR count). The van der Waals surface area contributed by atoms with Crippen molar-refractivity contribution < 1.29 is 9.53 Å². The highest BCUT2D eigenvalue weighted by atomic mass is 16.6. The van der Waals surface area contributed by atoms with Crippen molar-refractivity contribution in [3.05, 3.63) is 30.1 Å². The minimum Gasteiger partial charge on any atom is -0.443 e. The average Bonchev–Trinajstić information content (AvgIpc) is 2.66. The Morgan fingerprint density at radius 1 is 1.41 bits per heavy atom. The van der Waals surface area contributed by atoms with Crippen LogP contribution in [0.3, 0.4) is 0 Å². The summed E-state index contributed by atoms with van der Waals surface area (Å²) in [5.74, 6) is 0. The summed E-state index contributed by atoms with van der Waals surface area (Å²) in [7, 11) is 0. The number of aromatic nitrogens is 1. The number of ether oxygens (including phenoxy) is 1. The fourth-order valence-corrected chi connectivity index (χ4v) is 1.74. The lowest BCUT2D eigenvalue weighted by molar-refractivity contribution is 0.0973. The zero-order valence-corrected chi connectivity index (χ0v) is 9.76. The first kappa shape index (κ1) is 11.9. The van der Waals surface area contributed by atoms with E-state index in [1.54, 1.807) is 11.1 Å². The molecular weight excluding hydrogens is 218 g/mol. The highest BCUT2D eigenvalue weighted by molar-refractivity contribution is 5.67. The molecule has 0 radical (unpaired) electrons. The third-order valence-corrected chi connectivity index (χ3v) is 2.67. The van der Waals surface area contributed by atoms with Crippen molar-refractivity contribution in [1.82, 2.24) is 15.2 Å². The molecule has 92 valence electrons. The second-order valence-corrected chi connectivity index (χ2v) is 3.97. The topological polar surface area (TPSA) is 54.5 Å². The van der Waals surface area contributed by atoms with E-state index >= 15 is 0 Å². The van der Waals surface area contributed by atoms with E-state index in [0.29, 0.717) is 6.54 Å². The van der Waals surface area contributed by atoms with Crippen molar-refractivity contribution in [2.75, 3.05) is 26.2 Å². The molecule has 1 fully saturated rings. The van der Waals surface area contributed by atoms with Crippen molar-refractivity contribution in [2.24, 2.45) is 0 Å². The number of hydrogen-bond acceptors (Lipinski definition) is 4. The van der Waals surface area contributed by atoms with E-state index in [-0.39, 0.29) is 12.7 Å². The fraction of sp³-hybridized carbons (Fsp3) is 0.500. The number of rotatable bonds is 2. The summed E-state index contributed by atoms with van der Waals surface area (Å²) in [4.78, 5) is 17.6. The number of carbonyl (C=O) groups excluding carboxylic acids is 1. The molecule has 0 bridgehead atoms. The summed E-state index contributed by atoms with van der Waals surface area (Å²) in [6.07, 6.45) is 2.41. The molecular formula is C12H17N3O2. The van der Waals surface area contributed by atoms with Crippen LogP contribution in [0.4, 0.5) is 4.79 Å². The largest absolute Gasteiger partial charge is 0.443 e. The van der Waals surface area contributed by atoms with E-state index in [2.05, 4.69) is 10.3 Å². The second kappa shape index (κ2) is 6.20. The predicted octanol–water partition coefficient (Wildman–Crippen LogP) is 1.01. The number of hydrogen-bond donors (Lipinski definition) is 1. The summed E-state index contributed by atoms with van der Waals surface area (Å²) in [5, 5.41) is 3.24. The number of nitrogens with zero attached hydrogens (tertiary/aromatic N) is 2. The van der Waals surface area contributed by atoms with Crippen molar-refractivity contribution >= 4 is 6.09 Å². The Bertz CT molecular complexity index is 348. The second-order valence-electron chi connectivity index (χ2n) is 3.97. The number of nitrogens with one attached hydrogen (secondary N) is 1. The van der Waals surface area contributed by atoms with Gasteiger partial charge in [-0.15, -0.1) is 0 Å². The lowest BCUT2D eigenvalue weighted by Gasteiger charge is -2.19. The smallest absolute Gasteiger partial charge is 0.410 e. The predicted molar refractivity (Wildman–Crippen MR) is 63.5 cm³/mol. The van der Waals surface area contributed by atoms with Crippen LogP contribution in [0.25, 0.3) is 0 Å². The first-order valence-corrected chi connectivity index (χ1v) is 5.88. The van der Waals surface area contributed by atoms with E-state index in [1.807, 2.05) is 18.2 Å². The molecule has 1 amide bonds. The van der Waals surface area contributed by atoms with Gasteiger partial charge in [-0.05, 0) is 25.1 Å². The molecule has 1 aliphatic rings. The monoisotopic (exact) mass is 235 g/mol. The molecule has 0 aromatic carbocycles. The Labute approximate surface area is 101 Å². The van der Waals surface area contributed by atoms with E-state index in [0.717, 1.165) is 31.7 Å². The van der Waals surface area contributed by atoms with Crippen molar-refractivity contribution in [3.8, 4) is 0 Å². The summed E-state index contributed by atoms with van der Waals surface area (Å²) in [5.41, 5.74) is 0.772. The Balaban J connectivity index is 1.80. The first-order chi connectivity index (χ1) is 8.36. The normalized spacial score (nSPS) is 16.4. The van der Waals surface area contributed by atoms with Gasteiger partial charge in [0.05, 0.1) is 5.69 Å². The minimum absolute atomic E-state index is 0.240. The highest BCUT2D eigenvalue weighted by Gasteiger charge is 2.16. The maximum Gasteiger partial charge on any atom is 0.410 e. The van der Waals surface area contributed by atoms with Crippen molar-refractivity contribution in [1.29, 1.82) is 0 Å². The quantitative estimate of drug-likeness (QED) is 0.831. The van der Waals surface area contributed by atoms with E-state index in [1.165, 1.54) is 0 Å². The molecule has 0 aliphatic carbocycles. The van der Waals surface area contributed by atoms with Crippen LogP contribution in [0.2, 0.25) is 0 Å². The molecule has 5 nitrogen and oxygen atoms in total. The van der Waals surface area contributed by atoms with Gasteiger partial charge in [0.2, 0.25) is 0 Å². The zero-order chi connectivity index (χ0) is 11.9. The van der Waals surface area contributed by atoms with Gasteiger partial charge in [-0.1, -0.05) is 6.07 Å². The molecule has 1 saturated heterocycles. The summed E-state index contributed by atoms with van der Waals surface area (Å²) < 4.78 is 5.22. The lowest BCUT2D eigenvalue weighted by atomic mass is 10.4. The Hall–Kier alpha value is -1.62. The highest BCUT2D eigenvalue weighted by Crippen LogP contribution is 2.02. The van der Waals surface area contributed by atoms with E-state index < -0.39 is 0 Å². The van der Waals surface area contributed by atoms with Gasteiger partial charge in [0.25, 0.3) is 0 Å². The van der Waals surface area contributed by atoms with Gasteiger partial charge in [0.1, 0.15) is 6.61 Å². The molecule has 2 heterocycles.